The van der Waals surface area contributed by atoms with Crippen LogP contribution in [0.5, 0.6) is 0 Å². The third kappa shape index (κ3) is 3.70. The third-order valence-electron chi connectivity index (χ3n) is 1.98. The average Bonchev–Trinajstić information content (AvgIpc) is 2.66. The van der Waals surface area contributed by atoms with E-state index in [-0.39, 0.29) is 41.3 Å². The van der Waals surface area contributed by atoms with E-state index in [0.29, 0.717) is 24.2 Å². The Morgan fingerprint density at radius 2 is 1.94 bits per heavy atom. The van der Waals surface area contributed by atoms with Crippen LogP contribution in [0.1, 0.15) is 13.8 Å². The van der Waals surface area contributed by atoms with Gasteiger partial charge in [-0.05, 0) is 31.4 Å². The van der Waals surface area contributed by atoms with Crippen LogP contribution in [0, 0.1) is 0 Å². The number of carbonyl (C=O) groups is 1. The second-order valence-electron chi connectivity index (χ2n) is 3.07. The molecule has 5 heteroatoms. The van der Waals surface area contributed by atoms with Crippen molar-refractivity contribution in [3.05, 3.63) is 35.3 Å². The van der Waals surface area contributed by atoms with Crippen molar-refractivity contribution in [2.24, 2.45) is 0 Å². The van der Waals surface area contributed by atoms with E-state index in [4.69, 9.17) is 0 Å². The normalized spacial score (nSPS) is 16.2. The Bertz CT molecular complexity index is 346. The van der Waals surface area contributed by atoms with E-state index < -0.39 is 0 Å². The van der Waals surface area contributed by atoms with Crippen LogP contribution in [0.3, 0.4) is 0 Å². The van der Waals surface area contributed by atoms with Crippen LogP contribution < -0.4 is 45.3 Å². The van der Waals surface area contributed by atoms with Gasteiger partial charge in [0.15, 0.2) is 0 Å². The SMILES string of the molecule is CCNC(=O)C1=CC=CC1=C([O-])NCC.[Na+]. The first-order valence-corrected chi connectivity index (χ1v) is 5.02. The largest absolute Gasteiger partial charge is 1.00 e. The fourth-order valence-corrected chi connectivity index (χ4v) is 1.33. The first-order valence-electron chi connectivity index (χ1n) is 5.02. The number of amides is 1. The number of hydrogen-bond donors (Lipinski definition) is 2. The summed E-state index contributed by atoms with van der Waals surface area (Å²) in [5, 5.41) is 16.9. The number of carbonyl (C=O) groups excluding carboxylic acids is 1. The number of nitrogens with one attached hydrogen (secondary N) is 2. The van der Waals surface area contributed by atoms with Gasteiger partial charge in [-0.1, -0.05) is 12.2 Å². The molecule has 0 aromatic rings. The van der Waals surface area contributed by atoms with Crippen molar-refractivity contribution in [2.75, 3.05) is 13.1 Å². The van der Waals surface area contributed by atoms with Crippen LogP contribution in [-0.4, -0.2) is 19.0 Å². The fourth-order valence-electron chi connectivity index (χ4n) is 1.33. The Hall–Kier alpha value is -0.710. The average molecular weight is 230 g/mol. The third-order valence-corrected chi connectivity index (χ3v) is 1.98. The monoisotopic (exact) mass is 230 g/mol. The van der Waals surface area contributed by atoms with Crippen molar-refractivity contribution in [3.63, 3.8) is 0 Å². The Morgan fingerprint density at radius 3 is 2.50 bits per heavy atom. The number of likely N-dealkylation sites (N-methyl/N-ethyl adjacent to an activating group) is 1. The van der Waals surface area contributed by atoms with E-state index >= 15 is 0 Å². The van der Waals surface area contributed by atoms with Crippen molar-refractivity contribution < 1.29 is 39.5 Å². The molecule has 0 aliphatic heterocycles. The quantitative estimate of drug-likeness (QED) is 0.395. The van der Waals surface area contributed by atoms with Crippen LogP contribution in [0.4, 0.5) is 0 Å². The van der Waals surface area contributed by atoms with Crippen molar-refractivity contribution in [1.82, 2.24) is 10.6 Å². The van der Waals surface area contributed by atoms with E-state index in [1.54, 1.807) is 18.2 Å². The van der Waals surface area contributed by atoms with Crippen molar-refractivity contribution in [1.29, 1.82) is 0 Å². The van der Waals surface area contributed by atoms with Gasteiger partial charge in [0.05, 0.1) is 0 Å². The topological polar surface area (TPSA) is 64.2 Å². The van der Waals surface area contributed by atoms with E-state index in [2.05, 4.69) is 10.6 Å². The summed E-state index contributed by atoms with van der Waals surface area (Å²) in [5.74, 6) is -0.410. The molecule has 0 radical (unpaired) electrons. The molecule has 0 aromatic heterocycles. The minimum atomic E-state index is -0.205. The van der Waals surface area contributed by atoms with E-state index in [0.717, 1.165) is 0 Å². The van der Waals surface area contributed by atoms with Gasteiger partial charge < -0.3 is 15.7 Å². The number of allylic oxidation sites excluding steroid dienone is 3. The fraction of sp³-hybridized carbons (Fsp3) is 0.364. The maximum absolute atomic E-state index is 11.5. The van der Waals surface area contributed by atoms with Crippen LogP contribution >= 0.6 is 0 Å². The molecular weight excluding hydrogens is 215 g/mol. The van der Waals surface area contributed by atoms with E-state index in [1.807, 2.05) is 13.8 Å². The molecule has 82 valence electrons. The molecule has 0 spiro atoms. The van der Waals surface area contributed by atoms with Crippen LogP contribution in [0.25, 0.3) is 0 Å². The van der Waals surface area contributed by atoms with Gasteiger partial charge in [-0.3, -0.25) is 4.79 Å². The minimum Gasteiger partial charge on any atom is -0.860 e. The molecule has 0 fully saturated rings. The molecule has 2 N–H and O–H groups in total. The summed E-state index contributed by atoms with van der Waals surface area (Å²) in [6, 6.07) is 0. The predicted octanol–water partition coefficient (Wildman–Crippen LogP) is -3.20. The second-order valence-corrected chi connectivity index (χ2v) is 3.07. The maximum Gasteiger partial charge on any atom is 1.00 e. The van der Waals surface area contributed by atoms with Gasteiger partial charge in [-0.15, -0.1) is 0 Å². The van der Waals surface area contributed by atoms with Gasteiger partial charge in [0.1, 0.15) is 0 Å². The molecule has 0 aromatic carbocycles. The molecular formula is C11H15N2NaO2. The van der Waals surface area contributed by atoms with Crippen LogP contribution in [0.15, 0.2) is 35.3 Å². The molecule has 16 heavy (non-hydrogen) atoms. The molecule has 0 unspecified atom stereocenters. The Labute approximate surface area is 118 Å². The summed E-state index contributed by atoms with van der Waals surface area (Å²) in [7, 11) is 0. The van der Waals surface area contributed by atoms with E-state index in [9.17, 15) is 9.90 Å². The van der Waals surface area contributed by atoms with Gasteiger partial charge in [0.2, 0.25) is 0 Å². The first-order chi connectivity index (χ1) is 7.20. The minimum absolute atomic E-state index is 0. The smallest absolute Gasteiger partial charge is 0.860 e. The zero-order valence-corrected chi connectivity index (χ0v) is 12.0. The van der Waals surface area contributed by atoms with Crippen molar-refractivity contribution in [3.8, 4) is 0 Å². The molecule has 0 heterocycles. The zero-order chi connectivity index (χ0) is 11.3. The summed E-state index contributed by atoms with van der Waals surface area (Å²) in [6.07, 6.45) is 5.00. The summed E-state index contributed by atoms with van der Waals surface area (Å²) < 4.78 is 0. The summed E-state index contributed by atoms with van der Waals surface area (Å²) in [4.78, 5) is 11.5. The van der Waals surface area contributed by atoms with Crippen molar-refractivity contribution in [2.45, 2.75) is 13.8 Å². The van der Waals surface area contributed by atoms with Gasteiger partial charge in [0.25, 0.3) is 5.91 Å². The van der Waals surface area contributed by atoms with E-state index in [1.165, 1.54) is 0 Å². The number of hydrogen-bond acceptors (Lipinski definition) is 3. The zero-order valence-electron chi connectivity index (χ0n) is 9.96. The van der Waals surface area contributed by atoms with Gasteiger partial charge in [0, 0.05) is 18.7 Å². The Kier molecular flexibility index (Phi) is 7.21. The first kappa shape index (κ1) is 15.3. The second kappa shape index (κ2) is 7.54. The van der Waals surface area contributed by atoms with Crippen LogP contribution in [-0.2, 0) is 4.79 Å². The Morgan fingerprint density at radius 1 is 1.31 bits per heavy atom. The molecule has 4 nitrogen and oxygen atoms in total. The van der Waals surface area contributed by atoms with Gasteiger partial charge >= 0.3 is 29.6 Å². The maximum atomic E-state index is 11.5. The molecule has 1 amide bonds. The molecule has 0 saturated carbocycles. The van der Waals surface area contributed by atoms with Gasteiger partial charge in [-0.2, -0.15) is 0 Å². The number of rotatable bonds is 4. The molecule has 0 atom stereocenters. The van der Waals surface area contributed by atoms with Gasteiger partial charge in [-0.25, -0.2) is 0 Å². The molecule has 1 aliphatic carbocycles. The molecule has 0 bridgehead atoms. The Balaban J connectivity index is 0.00000225. The van der Waals surface area contributed by atoms with Crippen molar-refractivity contribution >= 4 is 5.91 Å². The summed E-state index contributed by atoms with van der Waals surface area (Å²) in [5.41, 5.74) is 0.866. The molecule has 1 aliphatic rings. The molecule has 1 rings (SSSR count). The van der Waals surface area contributed by atoms with Crippen LogP contribution in [0.2, 0.25) is 0 Å². The predicted molar refractivity (Wildman–Crippen MR) is 56.6 cm³/mol. The molecule has 0 saturated heterocycles. The summed E-state index contributed by atoms with van der Waals surface area (Å²) >= 11 is 0. The standard InChI is InChI=1S/C11H16N2O2.Na/c1-3-12-10(14)8-6-5-7-9(8)11(15)13-4-2;/h5-7,12,14H,3-4H2,1-2H3,(H,13,15);/q;+1/p-1. The summed E-state index contributed by atoms with van der Waals surface area (Å²) in [6.45, 7) is 4.79.